The number of halogens is 2. The van der Waals surface area contributed by atoms with Gasteiger partial charge >= 0.3 is 0 Å². The Kier molecular flexibility index (Phi) is 6.15. The molecular formula is C15H17Cl2N5O. The van der Waals surface area contributed by atoms with Crippen molar-refractivity contribution in [2.45, 2.75) is 0 Å². The zero-order chi connectivity index (χ0) is 16.8. The largest absolute Gasteiger partial charge is 0.349 e. The van der Waals surface area contributed by atoms with Gasteiger partial charge in [0.05, 0.1) is 15.7 Å². The predicted molar refractivity (Wildman–Crippen MR) is 92.7 cm³/mol. The van der Waals surface area contributed by atoms with E-state index in [1.165, 1.54) is 6.33 Å². The van der Waals surface area contributed by atoms with Crippen LogP contribution >= 0.6 is 23.2 Å². The molecule has 0 fully saturated rings. The van der Waals surface area contributed by atoms with Gasteiger partial charge in [0.2, 0.25) is 0 Å². The SMILES string of the molecule is CN(C)CCNC(=O)c1cc(Nc2c(Cl)cccc2Cl)ncn1. The third-order valence-corrected chi connectivity index (χ3v) is 3.59. The fraction of sp³-hybridized carbons (Fsp3) is 0.267. The maximum absolute atomic E-state index is 12.1. The van der Waals surface area contributed by atoms with E-state index < -0.39 is 0 Å². The van der Waals surface area contributed by atoms with E-state index in [-0.39, 0.29) is 11.6 Å². The molecule has 6 nitrogen and oxygen atoms in total. The van der Waals surface area contributed by atoms with Crippen LogP contribution in [0.15, 0.2) is 30.6 Å². The van der Waals surface area contributed by atoms with Crippen molar-refractivity contribution in [2.24, 2.45) is 0 Å². The van der Waals surface area contributed by atoms with Gasteiger partial charge in [0, 0.05) is 19.2 Å². The molecule has 2 rings (SSSR count). The number of rotatable bonds is 6. The van der Waals surface area contributed by atoms with E-state index >= 15 is 0 Å². The van der Waals surface area contributed by atoms with Crippen LogP contribution in [0.1, 0.15) is 10.5 Å². The van der Waals surface area contributed by atoms with Crippen molar-refractivity contribution in [3.05, 3.63) is 46.3 Å². The summed E-state index contributed by atoms with van der Waals surface area (Å²) in [7, 11) is 3.87. The molecule has 0 aliphatic carbocycles. The second-order valence-corrected chi connectivity index (χ2v) is 5.88. The van der Waals surface area contributed by atoms with Crippen LogP contribution in [-0.2, 0) is 0 Å². The van der Waals surface area contributed by atoms with Gasteiger partial charge in [-0.15, -0.1) is 0 Å². The molecule has 1 amide bonds. The summed E-state index contributed by atoms with van der Waals surface area (Å²) in [5.41, 5.74) is 0.804. The summed E-state index contributed by atoms with van der Waals surface area (Å²) in [4.78, 5) is 22.1. The number of amides is 1. The van der Waals surface area contributed by atoms with Crippen molar-refractivity contribution < 1.29 is 4.79 Å². The summed E-state index contributed by atoms with van der Waals surface area (Å²) in [6, 6.07) is 6.72. The van der Waals surface area contributed by atoms with E-state index in [0.717, 1.165) is 6.54 Å². The summed E-state index contributed by atoms with van der Waals surface area (Å²) in [5, 5.41) is 6.73. The van der Waals surface area contributed by atoms with Crippen LogP contribution in [0.4, 0.5) is 11.5 Å². The van der Waals surface area contributed by atoms with Crippen LogP contribution < -0.4 is 10.6 Å². The van der Waals surface area contributed by atoms with Gasteiger partial charge in [0.1, 0.15) is 17.8 Å². The van der Waals surface area contributed by atoms with Gasteiger partial charge in [0.25, 0.3) is 5.91 Å². The molecule has 1 aromatic heterocycles. The Morgan fingerprint density at radius 3 is 2.57 bits per heavy atom. The second-order valence-electron chi connectivity index (χ2n) is 5.07. The van der Waals surface area contributed by atoms with Crippen molar-refractivity contribution in [1.29, 1.82) is 0 Å². The van der Waals surface area contributed by atoms with E-state index in [1.54, 1.807) is 24.3 Å². The lowest BCUT2D eigenvalue weighted by atomic mass is 10.3. The Balaban J connectivity index is 2.09. The molecule has 23 heavy (non-hydrogen) atoms. The molecular weight excluding hydrogens is 337 g/mol. The molecule has 0 radical (unpaired) electrons. The first-order valence-corrected chi connectivity index (χ1v) is 7.69. The maximum Gasteiger partial charge on any atom is 0.270 e. The van der Waals surface area contributed by atoms with E-state index in [0.29, 0.717) is 28.1 Å². The number of carbonyl (C=O) groups excluding carboxylic acids is 1. The summed E-state index contributed by atoms with van der Waals surface area (Å²) < 4.78 is 0. The number of anilines is 2. The Bertz CT molecular complexity index is 673. The van der Waals surface area contributed by atoms with Gasteiger partial charge in [0.15, 0.2) is 0 Å². The molecule has 0 atom stereocenters. The van der Waals surface area contributed by atoms with Gasteiger partial charge < -0.3 is 15.5 Å². The first-order chi connectivity index (χ1) is 11.0. The molecule has 2 aromatic rings. The number of likely N-dealkylation sites (N-methyl/N-ethyl adjacent to an activating group) is 1. The Morgan fingerprint density at radius 2 is 1.91 bits per heavy atom. The third kappa shape index (κ3) is 5.06. The highest BCUT2D eigenvalue weighted by atomic mass is 35.5. The molecule has 1 aromatic carbocycles. The Hall–Kier alpha value is -1.89. The number of nitrogens with one attached hydrogen (secondary N) is 2. The second kappa shape index (κ2) is 8.10. The highest BCUT2D eigenvalue weighted by molar-refractivity contribution is 6.39. The molecule has 0 saturated carbocycles. The molecule has 1 heterocycles. The van der Waals surface area contributed by atoms with Gasteiger partial charge in [-0.3, -0.25) is 4.79 Å². The lowest BCUT2D eigenvalue weighted by molar-refractivity contribution is 0.0946. The first kappa shape index (κ1) is 17.5. The number of benzene rings is 1. The minimum Gasteiger partial charge on any atom is -0.349 e. The van der Waals surface area contributed by atoms with Crippen LogP contribution in [0.5, 0.6) is 0 Å². The fourth-order valence-corrected chi connectivity index (χ4v) is 2.27. The van der Waals surface area contributed by atoms with E-state index in [4.69, 9.17) is 23.2 Å². The zero-order valence-corrected chi connectivity index (χ0v) is 14.3. The minimum absolute atomic E-state index is 0.262. The zero-order valence-electron chi connectivity index (χ0n) is 12.8. The summed E-state index contributed by atoms with van der Waals surface area (Å²) in [6.07, 6.45) is 1.31. The highest BCUT2D eigenvalue weighted by Gasteiger charge is 2.11. The molecule has 0 unspecified atom stereocenters. The summed E-state index contributed by atoms with van der Waals surface area (Å²) >= 11 is 12.2. The van der Waals surface area contributed by atoms with Crippen LogP contribution in [-0.4, -0.2) is 48.0 Å². The predicted octanol–water partition coefficient (Wildman–Crippen LogP) is 2.82. The fourth-order valence-electron chi connectivity index (χ4n) is 1.78. The number of para-hydroxylation sites is 1. The average molecular weight is 354 g/mol. The Morgan fingerprint density at radius 1 is 1.22 bits per heavy atom. The molecule has 0 aliphatic heterocycles. The van der Waals surface area contributed by atoms with Gasteiger partial charge in [-0.05, 0) is 26.2 Å². The van der Waals surface area contributed by atoms with Crippen LogP contribution in [0.25, 0.3) is 0 Å². The van der Waals surface area contributed by atoms with Crippen molar-refractivity contribution in [3.63, 3.8) is 0 Å². The number of hydrogen-bond donors (Lipinski definition) is 2. The molecule has 122 valence electrons. The van der Waals surface area contributed by atoms with Crippen molar-refractivity contribution in [2.75, 3.05) is 32.5 Å². The first-order valence-electron chi connectivity index (χ1n) is 6.93. The van der Waals surface area contributed by atoms with E-state index in [2.05, 4.69) is 20.6 Å². The van der Waals surface area contributed by atoms with Gasteiger partial charge in [-0.1, -0.05) is 29.3 Å². The topological polar surface area (TPSA) is 70.2 Å². The smallest absolute Gasteiger partial charge is 0.270 e. The monoisotopic (exact) mass is 353 g/mol. The number of carbonyl (C=O) groups is 1. The minimum atomic E-state index is -0.262. The summed E-state index contributed by atoms with van der Waals surface area (Å²) in [5.74, 6) is 0.176. The van der Waals surface area contributed by atoms with E-state index in [9.17, 15) is 4.79 Å². The van der Waals surface area contributed by atoms with E-state index in [1.807, 2.05) is 19.0 Å². The normalized spacial score (nSPS) is 10.7. The molecule has 8 heteroatoms. The van der Waals surface area contributed by atoms with Gasteiger partial charge in [-0.2, -0.15) is 0 Å². The van der Waals surface area contributed by atoms with Crippen molar-refractivity contribution >= 4 is 40.6 Å². The number of hydrogen-bond acceptors (Lipinski definition) is 5. The lowest BCUT2D eigenvalue weighted by Gasteiger charge is -2.11. The van der Waals surface area contributed by atoms with Crippen LogP contribution in [0.2, 0.25) is 10.0 Å². The maximum atomic E-state index is 12.1. The van der Waals surface area contributed by atoms with Gasteiger partial charge in [-0.25, -0.2) is 9.97 Å². The third-order valence-electron chi connectivity index (χ3n) is 2.96. The highest BCUT2D eigenvalue weighted by Crippen LogP contribution is 2.31. The van der Waals surface area contributed by atoms with Crippen LogP contribution in [0.3, 0.4) is 0 Å². The molecule has 0 saturated heterocycles. The average Bonchev–Trinajstić information content (AvgIpc) is 2.51. The number of nitrogens with zero attached hydrogens (tertiary/aromatic N) is 3. The van der Waals surface area contributed by atoms with Crippen LogP contribution in [0, 0.1) is 0 Å². The standard InChI is InChI=1S/C15H17Cl2N5O/c1-22(2)7-6-18-15(23)12-8-13(20-9-19-12)21-14-10(16)4-3-5-11(14)17/h3-5,8-9H,6-7H2,1-2H3,(H,18,23)(H,19,20,21). The lowest BCUT2D eigenvalue weighted by Crippen LogP contribution is -2.31. The Labute approximate surface area is 144 Å². The quantitative estimate of drug-likeness (QED) is 0.835. The number of aromatic nitrogens is 2. The molecule has 0 bridgehead atoms. The molecule has 0 spiro atoms. The summed E-state index contributed by atoms with van der Waals surface area (Å²) in [6.45, 7) is 1.28. The van der Waals surface area contributed by atoms with Crippen molar-refractivity contribution in [3.8, 4) is 0 Å². The molecule has 2 N–H and O–H groups in total. The van der Waals surface area contributed by atoms with Crippen molar-refractivity contribution in [1.82, 2.24) is 20.2 Å². The molecule has 0 aliphatic rings.